The van der Waals surface area contributed by atoms with Gasteiger partial charge in [-0.15, -0.1) is 0 Å². The summed E-state index contributed by atoms with van der Waals surface area (Å²) in [7, 11) is 0. The Morgan fingerprint density at radius 1 is 1.30 bits per heavy atom. The first kappa shape index (κ1) is 16.2. The van der Waals surface area contributed by atoms with Crippen LogP contribution in [0.4, 0.5) is 10.1 Å². The Kier molecular flexibility index (Phi) is 5.16. The predicted molar refractivity (Wildman–Crippen MR) is 90.1 cm³/mol. The van der Waals surface area contributed by atoms with Crippen molar-refractivity contribution in [3.05, 3.63) is 29.6 Å². The van der Waals surface area contributed by atoms with Crippen molar-refractivity contribution in [3.63, 3.8) is 0 Å². The molecule has 0 spiro atoms. The van der Waals surface area contributed by atoms with Gasteiger partial charge in [0, 0.05) is 30.7 Å². The molecule has 0 bridgehead atoms. The molecule has 2 N–H and O–H groups in total. The van der Waals surface area contributed by atoms with Crippen LogP contribution >= 0.6 is 0 Å². The molecule has 126 valence electrons. The van der Waals surface area contributed by atoms with Crippen molar-refractivity contribution >= 4 is 11.6 Å². The number of aryl methyl sites for hydroxylation is 1. The second-order valence-corrected chi connectivity index (χ2v) is 6.75. The molecule has 2 saturated heterocycles. The fourth-order valence-electron chi connectivity index (χ4n) is 3.69. The van der Waals surface area contributed by atoms with Crippen molar-refractivity contribution in [2.45, 2.75) is 38.6 Å². The second kappa shape index (κ2) is 7.30. The lowest BCUT2D eigenvalue weighted by Crippen LogP contribution is -2.50. The zero-order chi connectivity index (χ0) is 16.2. The Labute approximate surface area is 137 Å². The summed E-state index contributed by atoms with van der Waals surface area (Å²) in [5.41, 5.74) is 2.03. The summed E-state index contributed by atoms with van der Waals surface area (Å²) < 4.78 is 13.3. The summed E-state index contributed by atoms with van der Waals surface area (Å²) in [5.74, 6) is 0.160. The minimum atomic E-state index is -0.195. The van der Waals surface area contributed by atoms with Gasteiger partial charge in [-0.25, -0.2) is 4.39 Å². The Morgan fingerprint density at radius 2 is 2.09 bits per heavy atom. The van der Waals surface area contributed by atoms with Gasteiger partial charge in [-0.05, 0) is 69.5 Å². The van der Waals surface area contributed by atoms with Crippen molar-refractivity contribution in [1.82, 2.24) is 10.6 Å². The number of piperidine rings is 2. The molecule has 4 nitrogen and oxygen atoms in total. The number of nitrogens with zero attached hydrogens (tertiary/aromatic N) is 1. The van der Waals surface area contributed by atoms with Gasteiger partial charge in [-0.1, -0.05) is 0 Å². The monoisotopic (exact) mass is 319 g/mol. The van der Waals surface area contributed by atoms with E-state index in [9.17, 15) is 9.18 Å². The molecule has 2 heterocycles. The summed E-state index contributed by atoms with van der Waals surface area (Å²) in [4.78, 5) is 14.7. The molecule has 0 aromatic heterocycles. The topological polar surface area (TPSA) is 44.4 Å². The van der Waals surface area contributed by atoms with Crippen molar-refractivity contribution in [1.29, 1.82) is 0 Å². The first-order chi connectivity index (χ1) is 11.1. The van der Waals surface area contributed by atoms with E-state index in [2.05, 4.69) is 15.5 Å². The SMILES string of the molecule is Cc1cc(F)ccc1N1CCCC(NC(=O)C2CCNCC2)C1. The van der Waals surface area contributed by atoms with Crippen LogP contribution in [0.25, 0.3) is 0 Å². The first-order valence-corrected chi connectivity index (χ1v) is 8.65. The first-order valence-electron chi connectivity index (χ1n) is 8.65. The fraction of sp³-hybridized carbons (Fsp3) is 0.611. The largest absolute Gasteiger partial charge is 0.369 e. The molecule has 1 aromatic carbocycles. The van der Waals surface area contributed by atoms with Gasteiger partial charge in [0.1, 0.15) is 5.82 Å². The summed E-state index contributed by atoms with van der Waals surface area (Å²) in [6.45, 7) is 5.58. The van der Waals surface area contributed by atoms with Gasteiger partial charge in [0.2, 0.25) is 5.91 Å². The lowest BCUT2D eigenvalue weighted by Gasteiger charge is -2.36. The number of benzene rings is 1. The third-order valence-electron chi connectivity index (χ3n) is 4.98. The van der Waals surface area contributed by atoms with E-state index in [-0.39, 0.29) is 23.7 Å². The van der Waals surface area contributed by atoms with Crippen molar-refractivity contribution in [3.8, 4) is 0 Å². The van der Waals surface area contributed by atoms with Crippen LogP contribution in [0.3, 0.4) is 0 Å². The summed E-state index contributed by atoms with van der Waals surface area (Å²) >= 11 is 0. The molecule has 1 aromatic rings. The Balaban J connectivity index is 1.60. The highest BCUT2D eigenvalue weighted by atomic mass is 19.1. The number of amides is 1. The third-order valence-corrected chi connectivity index (χ3v) is 4.98. The smallest absolute Gasteiger partial charge is 0.223 e. The van der Waals surface area contributed by atoms with Crippen LogP contribution in [0, 0.1) is 18.7 Å². The van der Waals surface area contributed by atoms with Gasteiger partial charge >= 0.3 is 0 Å². The van der Waals surface area contributed by atoms with Gasteiger partial charge in [0.05, 0.1) is 0 Å². The summed E-state index contributed by atoms with van der Waals surface area (Å²) in [6, 6.07) is 5.13. The lowest BCUT2D eigenvalue weighted by molar-refractivity contribution is -0.126. The Bertz CT molecular complexity index is 557. The molecule has 5 heteroatoms. The zero-order valence-electron chi connectivity index (χ0n) is 13.8. The fourth-order valence-corrected chi connectivity index (χ4v) is 3.69. The van der Waals surface area contributed by atoms with Gasteiger partial charge in [-0.2, -0.15) is 0 Å². The lowest BCUT2D eigenvalue weighted by atomic mass is 9.96. The molecule has 2 aliphatic rings. The molecule has 0 aliphatic carbocycles. The van der Waals surface area contributed by atoms with Crippen LogP contribution in [0.5, 0.6) is 0 Å². The van der Waals surface area contributed by atoms with Crippen LogP contribution in [0.2, 0.25) is 0 Å². The van der Waals surface area contributed by atoms with Gasteiger partial charge in [-0.3, -0.25) is 4.79 Å². The average molecular weight is 319 g/mol. The number of anilines is 1. The molecule has 3 rings (SSSR count). The molecule has 1 atom stereocenters. The van der Waals surface area contributed by atoms with Gasteiger partial charge in [0.25, 0.3) is 0 Å². The van der Waals surface area contributed by atoms with Crippen LogP contribution < -0.4 is 15.5 Å². The minimum absolute atomic E-state index is 0.152. The predicted octanol–water partition coefficient (Wildman–Crippen LogP) is 2.22. The maximum absolute atomic E-state index is 13.3. The number of halogens is 1. The average Bonchev–Trinajstić information content (AvgIpc) is 2.56. The molecule has 0 radical (unpaired) electrons. The van der Waals surface area contributed by atoms with Crippen LogP contribution in [-0.2, 0) is 4.79 Å². The van der Waals surface area contributed by atoms with Crippen molar-refractivity contribution < 1.29 is 9.18 Å². The maximum Gasteiger partial charge on any atom is 0.223 e. The molecule has 0 saturated carbocycles. The Morgan fingerprint density at radius 3 is 2.83 bits per heavy atom. The third kappa shape index (κ3) is 4.02. The standard InChI is InChI=1S/C18H26FN3O/c1-13-11-15(19)4-5-17(13)22-10-2-3-16(12-22)21-18(23)14-6-8-20-9-7-14/h4-5,11,14,16,20H,2-3,6-10,12H2,1H3,(H,21,23). The molecular formula is C18H26FN3O. The Hall–Kier alpha value is -1.62. The van der Waals surface area contributed by atoms with Gasteiger partial charge < -0.3 is 15.5 Å². The molecule has 1 unspecified atom stereocenters. The number of hydrogen-bond donors (Lipinski definition) is 2. The second-order valence-electron chi connectivity index (χ2n) is 6.75. The molecule has 1 amide bonds. The number of carbonyl (C=O) groups excluding carboxylic acids is 1. The highest BCUT2D eigenvalue weighted by Crippen LogP contribution is 2.25. The van der Waals surface area contributed by atoms with E-state index < -0.39 is 0 Å². The normalized spacial score (nSPS) is 22.9. The van der Waals surface area contributed by atoms with E-state index in [0.717, 1.165) is 63.1 Å². The number of carbonyl (C=O) groups is 1. The molecular weight excluding hydrogens is 293 g/mol. The summed E-state index contributed by atoms with van der Waals surface area (Å²) in [5, 5.41) is 6.53. The highest BCUT2D eigenvalue weighted by molar-refractivity contribution is 5.79. The van der Waals surface area contributed by atoms with E-state index in [1.54, 1.807) is 6.07 Å². The molecule has 23 heavy (non-hydrogen) atoms. The van der Waals surface area contributed by atoms with E-state index >= 15 is 0 Å². The van der Waals surface area contributed by atoms with E-state index in [4.69, 9.17) is 0 Å². The number of rotatable bonds is 3. The zero-order valence-corrected chi connectivity index (χ0v) is 13.8. The van der Waals surface area contributed by atoms with E-state index in [1.165, 1.54) is 6.07 Å². The van der Waals surface area contributed by atoms with E-state index in [0.29, 0.717) is 0 Å². The van der Waals surface area contributed by atoms with Crippen molar-refractivity contribution in [2.24, 2.45) is 5.92 Å². The van der Waals surface area contributed by atoms with Crippen LogP contribution in [0.1, 0.15) is 31.2 Å². The van der Waals surface area contributed by atoms with E-state index in [1.807, 2.05) is 13.0 Å². The van der Waals surface area contributed by atoms with Crippen molar-refractivity contribution in [2.75, 3.05) is 31.1 Å². The van der Waals surface area contributed by atoms with Gasteiger partial charge in [0.15, 0.2) is 0 Å². The number of hydrogen-bond acceptors (Lipinski definition) is 3. The molecule has 2 aliphatic heterocycles. The van der Waals surface area contributed by atoms with Crippen LogP contribution in [0.15, 0.2) is 18.2 Å². The highest BCUT2D eigenvalue weighted by Gasteiger charge is 2.26. The quantitative estimate of drug-likeness (QED) is 0.898. The minimum Gasteiger partial charge on any atom is -0.369 e. The molecule has 2 fully saturated rings. The van der Waals surface area contributed by atoms with Crippen LogP contribution in [-0.4, -0.2) is 38.1 Å². The number of nitrogens with one attached hydrogen (secondary N) is 2. The summed E-state index contributed by atoms with van der Waals surface area (Å²) in [6.07, 6.45) is 3.93. The maximum atomic E-state index is 13.3.